The molecule has 2 aromatic carbocycles. The van der Waals surface area contributed by atoms with Crippen molar-refractivity contribution in [1.29, 1.82) is 0 Å². The van der Waals surface area contributed by atoms with Crippen LogP contribution in [0, 0.1) is 6.92 Å². The number of hydrazine groups is 1. The fourth-order valence-corrected chi connectivity index (χ4v) is 1.97. The molecule has 0 fully saturated rings. The average molecular weight is 281 g/mol. The Labute approximate surface area is 122 Å². The third kappa shape index (κ3) is 3.02. The molecule has 2 N–H and O–H groups in total. The van der Waals surface area contributed by atoms with E-state index >= 15 is 0 Å². The molecule has 106 valence electrons. The van der Waals surface area contributed by atoms with Crippen molar-refractivity contribution in [2.24, 2.45) is 4.99 Å². The van der Waals surface area contributed by atoms with E-state index in [1.807, 2.05) is 43.3 Å². The Morgan fingerprint density at radius 2 is 1.90 bits per heavy atom. The Balaban J connectivity index is 1.65. The molecule has 21 heavy (non-hydrogen) atoms. The lowest BCUT2D eigenvalue weighted by atomic mass is 10.1. The van der Waals surface area contributed by atoms with Gasteiger partial charge in [0.2, 0.25) is 0 Å². The third-order valence-electron chi connectivity index (χ3n) is 3.12. The summed E-state index contributed by atoms with van der Waals surface area (Å²) < 4.78 is 5.55. The van der Waals surface area contributed by atoms with Crippen molar-refractivity contribution in [1.82, 2.24) is 10.9 Å². The third-order valence-corrected chi connectivity index (χ3v) is 3.12. The van der Waals surface area contributed by atoms with E-state index in [4.69, 9.17) is 4.74 Å². The van der Waals surface area contributed by atoms with E-state index in [9.17, 15) is 4.79 Å². The zero-order valence-corrected chi connectivity index (χ0v) is 11.6. The molecule has 0 saturated heterocycles. The Hall–Kier alpha value is -2.82. The van der Waals surface area contributed by atoms with Crippen molar-refractivity contribution >= 4 is 17.4 Å². The van der Waals surface area contributed by atoms with Gasteiger partial charge in [-0.1, -0.05) is 29.8 Å². The average Bonchev–Trinajstić information content (AvgIpc) is 2.53. The molecule has 0 spiro atoms. The van der Waals surface area contributed by atoms with E-state index in [-0.39, 0.29) is 5.91 Å². The first-order valence-electron chi connectivity index (χ1n) is 6.65. The topological polar surface area (TPSA) is 62.7 Å². The summed E-state index contributed by atoms with van der Waals surface area (Å²) >= 11 is 0. The Morgan fingerprint density at radius 1 is 1.14 bits per heavy atom. The van der Waals surface area contributed by atoms with Crippen molar-refractivity contribution in [2.45, 2.75) is 6.92 Å². The smallest absolute Gasteiger partial charge is 0.269 e. The Kier molecular flexibility index (Phi) is 3.55. The van der Waals surface area contributed by atoms with Gasteiger partial charge in [-0.2, -0.15) is 0 Å². The van der Waals surface area contributed by atoms with Crippen LogP contribution in [0.1, 0.15) is 15.9 Å². The molecule has 1 aliphatic heterocycles. The standard InChI is InChI=1S/C16H15N3O2/c1-11-6-8-12(9-7-11)16(20)19-18-15-10-21-14-5-3-2-4-13(14)17-15/h2-9H,10H2,1H3,(H,17,18)(H,19,20). The summed E-state index contributed by atoms with van der Waals surface area (Å²) in [5.41, 5.74) is 7.87. The molecule has 0 unspecified atom stereocenters. The molecule has 0 atom stereocenters. The molecule has 1 aliphatic rings. The number of nitrogens with one attached hydrogen (secondary N) is 2. The van der Waals surface area contributed by atoms with Crippen LogP contribution in [0.15, 0.2) is 53.5 Å². The first-order valence-corrected chi connectivity index (χ1v) is 6.65. The molecule has 5 nitrogen and oxygen atoms in total. The Morgan fingerprint density at radius 3 is 2.71 bits per heavy atom. The zero-order valence-electron chi connectivity index (χ0n) is 11.6. The second kappa shape index (κ2) is 5.66. The molecular formula is C16H15N3O2. The first kappa shape index (κ1) is 13.2. The van der Waals surface area contributed by atoms with Gasteiger partial charge in [-0.05, 0) is 31.2 Å². The predicted molar refractivity (Wildman–Crippen MR) is 80.8 cm³/mol. The van der Waals surface area contributed by atoms with Gasteiger partial charge < -0.3 is 4.74 Å². The molecule has 0 bridgehead atoms. The molecule has 0 radical (unpaired) electrons. The minimum absolute atomic E-state index is 0.212. The van der Waals surface area contributed by atoms with Crippen LogP contribution < -0.4 is 15.6 Å². The predicted octanol–water partition coefficient (Wildman–Crippen LogP) is 2.35. The number of hydrogen-bond donors (Lipinski definition) is 2. The number of para-hydroxylation sites is 2. The van der Waals surface area contributed by atoms with Crippen LogP contribution in [-0.4, -0.2) is 18.3 Å². The number of aliphatic imine (C=N–C) groups is 1. The van der Waals surface area contributed by atoms with E-state index in [1.165, 1.54) is 0 Å². The zero-order chi connectivity index (χ0) is 14.7. The summed E-state index contributed by atoms with van der Waals surface area (Å²) in [5.74, 6) is 1.10. The monoisotopic (exact) mass is 281 g/mol. The fourth-order valence-electron chi connectivity index (χ4n) is 1.97. The van der Waals surface area contributed by atoms with E-state index in [0.29, 0.717) is 18.0 Å². The van der Waals surface area contributed by atoms with Crippen molar-refractivity contribution in [3.8, 4) is 5.75 Å². The summed E-state index contributed by atoms with van der Waals surface area (Å²) in [7, 11) is 0. The summed E-state index contributed by atoms with van der Waals surface area (Å²) in [6.45, 7) is 2.27. The van der Waals surface area contributed by atoms with Crippen LogP contribution in [0.4, 0.5) is 5.69 Å². The highest BCUT2D eigenvalue weighted by Crippen LogP contribution is 2.29. The molecular weight excluding hydrogens is 266 g/mol. The van der Waals surface area contributed by atoms with E-state index in [1.54, 1.807) is 12.1 Å². The van der Waals surface area contributed by atoms with Gasteiger partial charge in [-0.25, -0.2) is 4.99 Å². The highest BCUT2D eigenvalue weighted by atomic mass is 16.5. The molecule has 5 heteroatoms. The van der Waals surface area contributed by atoms with E-state index in [2.05, 4.69) is 15.8 Å². The lowest BCUT2D eigenvalue weighted by Gasteiger charge is -2.18. The minimum atomic E-state index is -0.212. The van der Waals surface area contributed by atoms with E-state index < -0.39 is 0 Å². The van der Waals surface area contributed by atoms with Crippen molar-refractivity contribution < 1.29 is 9.53 Å². The highest BCUT2D eigenvalue weighted by Gasteiger charge is 2.13. The van der Waals surface area contributed by atoms with Gasteiger partial charge >= 0.3 is 0 Å². The fraction of sp³-hybridized carbons (Fsp3) is 0.125. The summed E-state index contributed by atoms with van der Waals surface area (Å²) in [6.07, 6.45) is 0. The molecule has 3 rings (SSSR count). The van der Waals surface area contributed by atoms with Crippen molar-refractivity contribution in [3.63, 3.8) is 0 Å². The van der Waals surface area contributed by atoms with Gasteiger partial charge in [-0.3, -0.25) is 15.6 Å². The Bertz CT molecular complexity index is 693. The molecule has 0 aromatic heterocycles. The molecule has 0 aliphatic carbocycles. The minimum Gasteiger partial charge on any atom is -0.483 e. The number of hydrogen-bond acceptors (Lipinski definition) is 4. The number of benzene rings is 2. The number of ether oxygens (including phenoxy) is 1. The number of aryl methyl sites for hydroxylation is 1. The molecule has 1 heterocycles. The number of carbonyl (C=O) groups excluding carboxylic acids is 1. The molecule has 2 aromatic rings. The second-order valence-corrected chi connectivity index (χ2v) is 4.76. The van der Waals surface area contributed by atoms with Crippen LogP contribution in [0.25, 0.3) is 0 Å². The van der Waals surface area contributed by atoms with Gasteiger partial charge in [0, 0.05) is 5.56 Å². The SMILES string of the molecule is Cc1ccc(C(=O)NNC2=Nc3ccccc3OC2)cc1. The number of nitrogens with zero attached hydrogens (tertiary/aromatic N) is 1. The van der Waals surface area contributed by atoms with Gasteiger partial charge in [0.1, 0.15) is 18.0 Å². The van der Waals surface area contributed by atoms with Gasteiger partial charge in [0.25, 0.3) is 5.91 Å². The van der Waals surface area contributed by atoms with Crippen LogP contribution in [0.5, 0.6) is 5.75 Å². The maximum absolute atomic E-state index is 12.0. The van der Waals surface area contributed by atoms with E-state index in [0.717, 1.165) is 17.0 Å². The van der Waals surface area contributed by atoms with Crippen LogP contribution >= 0.6 is 0 Å². The second-order valence-electron chi connectivity index (χ2n) is 4.76. The molecule has 0 saturated carbocycles. The maximum atomic E-state index is 12.0. The van der Waals surface area contributed by atoms with Gasteiger partial charge in [0.05, 0.1) is 0 Å². The first-order chi connectivity index (χ1) is 10.2. The van der Waals surface area contributed by atoms with Gasteiger partial charge in [-0.15, -0.1) is 0 Å². The van der Waals surface area contributed by atoms with Crippen LogP contribution in [0.2, 0.25) is 0 Å². The van der Waals surface area contributed by atoms with Crippen molar-refractivity contribution in [2.75, 3.05) is 6.61 Å². The highest BCUT2D eigenvalue weighted by molar-refractivity contribution is 5.97. The quantitative estimate of drug-likeness (QED) is 0.789. The number of fused-ring (bicyclic) bond motifs is 1. The van der Waals surface area contributed by atoms with Crippen LogP contribution in [-0.2, 0) is 0 Å². The van der Waals surface area contributed by atoms with Crippen LogP contribution in [0.3, 0.4) is 0 Å². The summed E-state index contributed by atoms with van der Waals surface area (Å²) in [4.78, 5) is 16.4. The number of carbonyl (C=O) groups is 1. The summed E-state index contributed by atoms with van der Waals surface area (Å²) in [6, 6.07) is 14.9. The number of amides is 1. The largest absolute Gasteiger partial charge is 0.483 e. The van der Waals surface area contributed by atoms with Gasteiger partial charge in [0.15, 0.2) is 5.84 Å². The normalized spacial score (nSPS) is 12.7. The number of rotatable bonds is 1. The lowest BCUT2D eigenvalue weighted by Crippen LogP contribution is -2.44. The molecule has 1 amide bonds. The lowest BCUT2D eigenvalue weighted by molar-refractivity contribution is 0.0943. The maximum Gasteiger partial charge on any atom is 0.269 e. The van der Waals surface area contributed by atoms with Crippen molar-refractivity contribution in [3.05, 3.63) is 59.7 Å². The summed E-state index contributed by atoms with van der Waals surface area (Å²) in [5, 5.41) is 0. The number of amidine groups is 1.